The standard InChI is InChI=1S/C15H21N3O2/c1-15(7-20-8-15)14(19)16-13-6-12(17-18-13)11-5-9-2-3-10(11)4-9/h6,9-11H,2-5,7-8H2,1H3,(H2,16,17,18,19). The summed E-state index contributed by atoms with van der Waals surface area (Å²) in [5.41, 5.74) is 0.813. The number of hydrogen-bond donors (Lipinski definition) is 2. The average molecular weight is 275 g/mol. The van der Waals surface area contributed by atoms with Crippen LogP contribution in [-0.2, 0) is 9.53 Å². The van der Waals surface area contributed by atoms with Crippen LogP contribution in [0.1, 0.15) is 44.2 Å². The lowest BCUT2D eigenvalue weighted by molar-refractivity contribution is -0.151. The quantitative estimate of drug-likeness (QED) is 0.889. The summed E-state index contributed by atoms with van der Waals surface area (Å²) in [6.07, 6.45) is 5.41. The molecule has 3 unspecified atom stereocenters. The minimum Gasteiger partial charge on any atom is -0.379 e. The summed E-state index contributed by atoms with van der Waals surface area (Å²) in [7, 11) is 0. The number of fused-ring (bicyclic) bond motifs is 2. The summed E-state index contributed by atoms with van der Waals surface area (Å²) >= 11 is 0. The smallest absolute Gasteiger partial charge is 0.236 e. The van der Waals surface area contributed by atoms with Crippen LogP contribution >= 0.6 is 0 Å². The molecule has 3 atom stereocenters. The van der Waals surface area contributed by atoms with E-state index in [4.69, 9.17) is 4.74 Å². The molecule has 1 amide bonds. The number of anilines is 1. The molecule has 1 aromatic rings. The molecule has 5 heteroatoms. The van der Waals surface area contributed by atoms with Crippen molar-refractivity contribution < 1.29 is 9.53 Å². The SMILES string of the molecule is CC1(C(=O)Nc2cc(C3CC4CCC3C4)[nH]n2)COC1. The Morgan fingerprint density at radius 3 is 2.90 bits per heavy atom. The minimum absolute atomic E-state index is 0.00902. The van der Waals surface area contributed by atoms with Crippen molar-refractivity contribution in [1.82, 2.24) is 10.2 Å². The molecule has 3 fully saturated rings. The molecule has 1 saturated heterocycles. The predicted molar refractivity (Wildman–Crippen MR) is 74.3 cm³/mol. The van der Waals surface area contributed by atoms with Gasteiger partial charge in [0.1, 0.15) is 0 Å². The highest BCUT2D eigenvalue weighted by atomic mass is 16.5. The second-order valence-electron chi connectivity index (χ2n) is 7.00. The van der Waals surface area contributed by atoms with Gasteiger partial charge in [-0.3, -0.25) is 9.89 Å². The van der Waals surface area contributed by atoms with Crippen molar-refractivity contribution in [2.24, 2.45) is 17.3 Å². The first kappa shape index (κ1) is 12.4. The van der Waals surface area contributed by atoms with Gasteiger partial charge in [0.25, 0.3) is 0 Å². The van der Waals surface area contributed by atoms with Crippen molar-refractivity contribution in [3.8, 4) is 0 Å². The number of aromatic nitrogens is 2. The van der Waals surface area contributed by atoms with E-state index in [1.165, 1.54) is 31.4 Å². The Bertz CT molecular complexity index is 535. The van der Waals surface area contributed by atoms with Gasteiger partial charge in [-0.2, -0.15) is 5.10 Å². The van der Waals surface area contributed by atoms with Crippen molar-refractivity contribution >= 4 is 11.7 Å². The number of amides is 1. The Morgan fingerprint density at radius 2 is 2.30 bits per heavy atom. The van der Waals surface area contributed by atoms with E-state index in [9.17, 15) is 4.79 Å². The third kappa shape index (κ3) is 1.87. The maximum Gasteiger partial charge on any atom is 0.236 e. The lowest BCUT2D eigenvalue weighted by atomic mass is 9.86. The first-order valence-electron chi connectivity index (χ1n) is 7.58. The highest BCUT2D eigenvalue weighted by Gasteiger charge is 2.42. The van der Waals surface area contributed by atoms with E-state index in [2.05, 4.69) is 15.5 Å². The van der Waals surface area contributed by atoms with E-state index >= 15 is 0 Å². The Labute approximate surface area is 118 Å². The molecule has 2 saturated carbocycles. The van der Waals surface area contributed by atoms with E-state index in [1.54, 1.807) is 0 Å². The number of rotatable bonds is 3. The Morgan fingerprint density at radius 1 is 1.45 bits per heavy atom. The molecule has 5 nitrogen and oxygen atoms in total. The zero-order valence-electron chi connectivity index (χ0n) is 11.8. The number of ether oxygens (including phenoxy) is 1. The maximum absolute atomic E-state index is 12.1. The molecule has 4 rings (SSSR count). The first-order valence-corrected chi connectivity index (χ1v) is 7.58. The Balaban J connectivity index is 1.44. The summed E-state index contributed by atoms with van der Waals surface area (Å²) < 4.78 is 5.13. The second-order valence-corrected chi connectivity index (χ2v) is 7.00. The van der Waals surface area contributed by atoms with Crippen LogP contribution in [0.2, 0.25) is 0 Å². The number of carbonyl (C=O) groups excluding carboxylic acids is 1. The van der Waals surface area contributed by atoms with Gasteiger partial charge in [-0.25, -0.2) is 0 Å². The molecule has 2 N–H and O–H groups in total. The van der Waals surface area contributed by atoms with Crippen molar-refractivity contribution in [1.29, 1.82) is 0 Å². The first-order chi connectivity index (χ1) is 9.64. The lowest BCUT2D eigenvalue weighted by Crippen LogP contribution is -2.49. The van der Waals surface area contributed by atoms with Gasteiger partial charge in [-0.15, -0.1) is 0 Å². The van der Waals surface area contributed by atoms with Crippen LogP contribution in [0, 0.1) is 17.3 Å². The van der Waals surface area contributed by atoms with Crippen LogP contribution in [0.15, 0.2) is 6.07 Å². The number of hydrogen-bond acceptors (Lipinski definition) is 3. The fourth-order valence-electron chi connectivity index (χ4n) is 4.02. The van der Waals surface area contributed by atoms with Crippen LogP contribution in [0.25, 0.3) is 0 Å². The highest BCUT2D eigenvalue weighted by molar-refractivity contribution is 5.95. The Kier molecular flexibility index (Phi) is 2.67. The molecule has 3 aliphatic rings. The highest BCUT2D eigenvalue weighted by Crippen LogP contribution is 2.52. The molecule has 2 aliphatic carbocycles. The predicted octanol–water partition coefficient (Wildman–Crippen LogP) is 2.29. The monoisotopic (exact) mass is 275 g/mol. The van der Waals surface area contributed by atoms with E-state index in [-0.39, 0.29) is 11.3 Å². The summed E-state index contributed by atoms with van der Waals surface area (Å²) in [5, 5.41) is 10.3. The van der Waals surface area contributed by atoms with Gasteiger partial charge in [0, 0.05) is 17.7 Å². The summed E-state index contributed by atoms with van der Waals surface area (Å²) in [4.78, 5) is 12.1. The van der Waals surface area contributed by atoms with Gasteiger partial charge < -0.3 is 10.1 Å². The summed E-state index contributed by atoms with van der Waals surface area (Å²) in [6, 6.07) is 2.02. The van der Waals surface area contributed by atoms with Crippen LogP contribution in [0.5, 0.6) is 0 Å². The average Bonchev–Trinajstić information content (AvgIpc) is 3.10. The number of carbonyl (C=O) groups is 1. The third-order valence-electron chi connectivity index (χ3n) is 5.37. The second kappa shape index (κ2) is 4.32. The summed E-state index contributed by atoms with van der Waals surface area (Å²) in [5.74, 6) is 3.02. The van der Waals surface area contributed by atoms with Crippen molar-refractivity contribution in [3.63, 3.8) is 0 Å². The Hall–Kier alpha value is -1.36. The molecule has 108 valence electrons. The fourth-order valence-corrected chi connectivity index (χ4v) is 4.02. The van der Waals surface area contributed by atoms with E-state index in [1.807, 2.05) is 13.0 Å². The topological polar surface area (TPSA) is 67.0 Å². The largest absolute Gasteiger partial charge is 0.379 e. The van der Waals surface area contributed by atoms with Crippen molar-refractivity contribution in [2.75, 3.05) is 18.5 Å². The van der Waals surface area contributed by atoms with Gasteiger partial charge >= 0.3 is 0 Å². The number of H-pyrrole nitrogens is 1. The van der Waals surface area contributed by atoms with Crippen LogP contribution in [0.3, 0.4) is 0 Å². The van der Waals surface area contributed by atoms with Crippen LogP contribution < -0.4 is 5.32 Å². The normalized spacial score (nSPS) is 34.0. The molecular weight excluding hydrogens is 254 g/mol. The van der Waals surface area contributed by atoms with E-state index in [0.717, 1.165) is 11.8 Å². The minimum atomic E-state index is -0.383. The molecule has 0 aromatic carbocycles. The van der Waals surface area contributed by atoms with Crippen molar-refractivity contribution in [3.05, 3.63) is 11.8 Å². The molecule has 2 heterocycles. The fraction of sp³-hybridized carbons (Fsp3) is 0.733. The third-order valence-corrected chi connectivity index (χ3v) is 5.37. The molecular formula is C15H21N3O2. The molecule has 2 bridgehead atoms. The summed E-state index contributed by atoms with van der Waals surface area (Å²) in [6.45, 7) is 2.93. The number of nitrogens with zero attached hydrogens (tertiary/aromatic N) is 1. The van der Waals surface area contributed by atoms with Crippen molar-refractivity contribution in [2.45, 2.75) is 38.5 Å². The number of nitrogens with one attached hydrogen (secondary N) is 2. The van der Waals surface area contributed by atoms with E-state index < -0.39 is 0 Å². The van der Waals surface area contributed by atoms with Gasteiger partial charge in [0.15, 0.2) is 5.82 Å². The van der Waals surface area contributed by atoms with E-state index in [0.29, 0.717) is 24.9 Å². The molecule has 20 heavy (non-hydrogen) atoms. The maximum atomic E-state index is 12.1. The van der Waals surface area contributed by atoms with Gasteiger partial charge in [0.05, 0.1) is 18.6 Å². The molecule has 0 radical (unpaired) electrons. The lowest BCUT2D eigenvalue weighted by Gasteiger charge is -2.35. The zero-order chi connectivity index (χ0) is 13.7. The molecule has 1 aromatic heterocycles. The molecule has 0 spiro atoms. The van der Waals surface area contributed by atoms with Crippen LogP contribution in [0.4, 0.5) is 5.82 Å². The van der Waals surface area contributed by atoms with Gasteiger partial charge in [-0.1, -0.05) is 6.42 Å². The number of aromatic amines is 1. The van der Waals surface area contributed by atoms with Gasteiger partial charge in [-0.05, 0) is 38.0 Å². The molecule has 1 aliphatic heterocycles. The zero-order valence-corrected chi connectivity index (χ0v) is 11.8. The van der Waals surface area contributed by atoms with Gasteiger partial charge in [0.2, 0.25) is 5.91 Å². The van der Waals surface area contributed by atoms with Crippen LogP contribution in [-0.4, -0.2) is 29.3 Å².